The van der Waals surface area contributed by atoms with E-state index in [1.165, 1.54) is 128 Å². The first-order chi connectivity index (χ1) is 14.1. The maximum atomic E-state index is 3.34. The lowest BCUT2D eigenvalue weighted by molar-refractivity contribution is -0.885. The number of likely N-dealkylation sites (N-methyl/N-ethyl adjacent to an activating group) is 1. The lowest BCUT2D eigenvalue weighted by atomic mass is 10.0. The van der Waals surface area contributed by atoms with E-state index in [2.05, 4.69) is 38.9 Å². The Morgan fingerprint density at radius 3 is 1.41 bits per heavy atom. The summed E-state index contributed by atoms with van der Waals surface area (Å²) in [7, 11) is 4.71. The van der Waals surface area contributed by atoms with Gasteiger partial charge < -0.3 is 4.48 Å². The third-order valence-electron chi connectivity index (χ3n) is 6.38. The molecule has 0 saturated carbocycles. The van der Waals surface area contributed by atoms with E-state index in [1.807, 2.05) is 6.08 Å². The van der Waals surface area contributed by atoms with Crippen LogP contribution in [0.3, 0.4) is 0 Å². The third-order valence-corrected chi connectivity index (χ3v) is 6.38. The molecule has 1 aliphatic carbocycles. The third kappa shape index (κ3) is 16.7. The Bertz CT molecular complexity index is 465. The molecule has 0 saturated heterocycles. The first-order valence-electron chi connectivity index (χ1n) is 13.1. The molecule has 29 heavy (non-hydrogen) atoms. The molecule has 0 aromatic carbocycles. The normalized spacial score (nSPS) is 13.4. The minimum atomic E-state index is 1.10. The van der Waals surface area contributed by atoms with Crippen molar-refractivity contribution in [3.05, 3.63) is 29.5 Å². The van der Waals surface area contributed by atoms with Gasteiger partial charge in [0.2, 0.25) is 0 Å². The van der Waals surface area contributed by atoms with Gasteiger partial charge in [0.05, 0.1) is 20.6 Å². The second kappa shape index (κ2) is 18.0. The van der Waals surface area contributed by atoms with Gasteiger partial charge in [-0.25, -0.2) is 0 Å². The molecule has 0 bridgehead atoms. The predicted molar refractivity (Wildman–Crippen MR) is 131 cm³/mol. The summed E-state index contributed by atoms with van der Waals surface area (Å²) in [4.78, 5) is 0. The first-order valence-corrected chi connectivity index (χ1v) is 13.1. The molecule has 0 fully saturated rings. The van der Waals surface area contributed by atoms with Gasteiger partial charge in [0, 0.05) is 5.57 Å². The van der Waals surface area contributed by atoms with Gasteiger partial charge in [0.15, 0.2) is 0 Å². The van der Waals surface area contributed by atoms with Crippen molar-refractivity contribution in [2.75, 3.05) is 27.2 Å². The molecule has 0 spiro atoms. The highest BCUT2D eigenvalue weighted by atomic mass is 15.3. The number of rotatable bonds is 21. The van der Waals surface area contributed by atoms with Crippen molar-refractivity contribution < 1.29 is 4.48 Å². The molecule has 1 nitrogen and oxygen atoms in total. The summed E-state index contributed by atoms with van der Waals surface area (Å²) in [5.41, 5.74) is 4.70. The van der Waals surface area contributed by atoms with Gasteiger partial charge in [-0.05, 0) is 25.0 Å². The van der Waals surface area contributed by atoms with Crippen molar-refractivity contribution in [1.82, 2.24) is 0 Å². The van der Waals surface area contributed by atoms with Crippen LogP contribution in [0.1, 0.15) is 122 Å². The molecular formula is C28H52N+. The Hall–Kier alpha value is -0.780. The number of nitrogens with zero attached hydrogens (tertiary/aromatic N) is 1. The fourth-order valence-electron chi connectivity index (χ4n) is 4.45. The van der Waals surface area contributed by atoms with E-state index in [0.717, 1.165) is 11.0 Å². The molecule has 0 heterocycles. The first kappa shape index (κ1) is 26.3. The summed E-state index contributed by atoms with van der Waals surface area (Å²) >= 11 is 0. The number of unbranched alkanes of at least 4 members (excludes halogenated alkanes) is 17. The van der Waals surface area contributed by atoms with Crippen LogP contribution in [-0.2, 0) is 0 Å². The summed E-state index contributed by atoms with van der Waals surface area (Å²) in [6.07, 6.45) is 32.5. The molecule has 168 valence electrons. The average Bonchev–Trinajstić information content (AvgIpc) is 3.19. The molecule has 0 aliphatic heterocycles. The second-order valence-corrected chi connectivity index (χ2v) is 10.0. The molecule has 0 aromatic heterocycles. The minimum Gasteiger partial charge on any atom is -0.324 e. The van der Waals surface area contributed by atoms with Crippen LogP contribution >= 0.6 is 0 Å². The Balaban J connectivity index is 1.76. The largest absolute Gasteiger partial charge is 0.324 e. The van der Waals surface area contributed by atoms with Crippen LogP contribution < -0.4 is 0 Å². The van der Waals surface area contributed by atoms with Gasteiger partial charge in [-0.15, -0.1) is 5.73 Å². The Morgan fingerprint density at radius 2 is 1.03 bits per heavy atom. The molecule has 0 N–H and O–H groups in total. The number of quaternary nitrogens is 1. The van der Waals surface area contributed by atoms with E-state index in [-0.39, 0.29) is 0 Å². The zero-order valence-electron chi connectivity index (χ0n) is 20.3. The SMILES string of the molecule is CCCCCCCCCCCCCCCCCCCC[N+](C)(C)CC1=C=CC=C1. The maximum absolute atomic E-state index is 3.34. The van der Waals surface area contributed by atoms with Crippen LogP contribution in [-0.4, -0.2) is 31.7 Å². The zero-order chi connectivity index (χ0) is 21.0. The molecule has 1 aliphatic rings. The van der Waals surface area contributed by atoms with Crippen LogP contribution in [0.25, 0.3) is 0 Å². The van der Waals surface area contributed by atoms with Crippen LogP contribution in [0.5, 0.6) is 0 Å². The molecule has 1 heteroatoms. The van der Waals surface area contributed by atoms with Crippen molar-refractivity contribution in [3.8, 4) is 0 Å². The summed E-state index contributed by atoms with van der Waals surface area (Å²) < 4.78 is 1.10. The highest BCUT2D eigenvalue weighted by molar-refractivity contribution is 5.29. The number of allylic oxidation sites excluding steroid dienone is 1. The topological polar surface area (TPSA) is 0 Å². The molecular weight excluding hydrogens is 350 g/mol. The van der Waals surface area contributed by atoms with Gasteiger partial charge in [-0.2, -0.15) is 0 Å². The maximum Gasteiger partial charge on any atom is 0.111 e. The molecule has 1 rings (SSSR count). The standard InChI is InChI=1S/C28H52N/c1-4-5-6-7-8-9-10-11-12-13-14-15-16-17-18-19-20-23-26-29(2,3)27-28-24-21-22-25-28/h21-22,24H,4-20,23,26-27H2,1-3H3/q+1. The Kier molecular flexibility index (Phi) is 16.3. The van der Waals surface area contributed by atoms with E-state index < -0.39 is 0 Å². The van der Waals surface area contributed by atoms with E-state index in [0.29, 0.717) is 0 Å². The quantitative estimate of drug-likeness (QED) is 0.102. The highest BCUT2D eigenvalue weighted by Gasteiger charge is 2.16. The van der Waals surface area contributed by atoms with Gasteiger partial charge >= 0.3 is 0 Å². The van der Waals surface area contributed by atoms with E-state index in [1.54, 1.807) is 0 Å². The van der Waals surface area contributed by atoms with Crippen molar-refractivity contribution in [2.24, 2.45) is 0 Å². The smallest absolute Gasteiger partial charge is 0.111 e. The monoisotopic (exact) mass is 402 g/mol. The van der Waals surface area contributed by atoms with Crippen molar-refractivity contribution >= 4 is 0 Å². The Labute approximate surface area is 183 Å². The molecule has 0 aromatic rings. The van der Waals surface area contributed by atoms with Crippen molar-refractivity contribution in [2.45, 2.75) is 122 Å². The predicted octanol–water partition coefficient (Wildman–Crippen LogP) is 8.76. The van der Waals surface area contributed by atoms with Gasteiger partial charge in [0.25, 0.3) is 0 Å². The van der Waals surface area contributed by atoms with Crippen LogP contribution in [0.4, 0.5) is 0 Å². The van der Waals surface area contributed by atoms with E-state index in [9.17, 15) is 0 Å². The fourth-order valence-corrected chi connectivity index (χ4v) is 4.45. The zero-order valence-corrected chi connectivity index (χ0v) is 20.3. The van der Waals surface area contributed by atoms with Gasteiger partial charge in [-0.1, -0.05) is 116 Å². The minimum absolute atomic E-state index is 1.10. The number of hydrogen-bond acceptors (Lipinski definition) is 0. The summed E-state index contributed by atoms with van der Waals surface area (Å²) in [6.45, 7) is 4.71. The lowest BCUT2D eigenvalue weighted by Crippen LogP contribution is -2.41. The lowest BCUT2D eigenvalue weighted by Gasteiger charge is -2.29. The van der Waals surface area contributed by atoms with Crippen LogP contribution in [0, 0.1) is 0 Å². The Morgan fingerprint density at radius 1 is 0.621 bits per heavy atom. The summed E-state index contributed by atoms with van der Waals surface area (Å²) in [6, 6.07) is 0. The van der Waals surface area contributed by atoms with Crippen molar-refractivity contribution in [3.63, 3.8) is 0 Å². The molecule has 0 atom stereocenters. The van der Waals surface area contributed by atoms with E-state index in [4.69, 9.17) is 0 Å². The highest BCUT2D eigenvalue weighted by Crippen LogP contribution is 2.15. The van der Waals surface area contributed by atoms with Crippen LogP contribution in [0.2, 0.25) is 0 Å². The second-order valence-electron chi connectivity index (χ2n) is 10.0. The number of hydrogen-bond donors (Lipinski definition) is 0. The summed E-state index contributed by atoms with van der Waals surface area (Å²) in [5.74, 6) is 0. The van der Waals surface area contributed by atoms with Gasteiger partial charge in [-0.3, -0.25) is 0 Å². The van der Waals surface area contributed by atoms with E-state index >= 15 is 0 Å². The van der Waals surface area contributed by atoms with Crippen molar-refractivity contribution in [1.29, 1.82) is 0 Å². The average molecular weight is 403 g/mol. The van der Waals surface area contributed by atoms with Gasteiger partial charge in [0.1, 0.15) is 6.54 Å². The molecule has 0 amide bonds. The fraction of sp³-hybridized carbons (Fsp3) is 0.821. The van der Waals surface area contributed by atoms with Crippen LogP contribution in [0.15, 0.2) is 29.5 Å². The molecule has 0 unspecified atom stereocenters. The summed E-state index contributed by atoms with van der Waals surface area (Å²) in [5, 5.41) is 0. The molecule has 0 radical (unpaired) electrons.